The van der Waals surface area contributed by atoms with Crippen LogP contribution >= 0.6 is 11.8 Å². The average Bonchev–Trinajstić information content (AvgIpc) is 3.09. The minimum atomic E-state index is -0.0108. The summed E-state index contributed by atoms with van der Waals surface area (Å²) in [6.45, 7) is 7.46. The third kappa shape index (κ3) is 4.98. The zero-order chi connectivity index (χ0) is 19.2. The normalized spacial score (nSPS) is 10.8. The number of amides is 1. The first kappa shape index (κ1) is 19.2. The Hall–Kier alpha value is -2.60. The van der Waals surface area contributed by atoms with Crippen LogP contribution in [0, 0.1) is 13.8 Å². The van der Waals surface area contributed by atoms with Crippen molar-refractivity contribution in [2.24, 2.45) is 0 Å². The van der Waals surface area contributed by atoms with Gasteiger partial charge in [0.25, 0.3) is 0 Å². The Balaban J connectivity index is 1.60. The van der Waals surface area contributed by atoms with Crippen molar-refractivity contribution in [2.75, 3.05) is 5.75 Å². The molecule has 1 heterocycles. The fourth-order valence-electron chi connectivity index (χ4n) is 2.77. The molecule has 1 amide bonds. The Morgan fingerprint density at radius 3 is 2.56 bits per heavy atom. The Morgan fingerprint density at radius 2 is 1.85 bits per heavy atom. The highest BCUT2D eigenvalue weighted by Crippen LogP contribution is 2.24. The van der Waals surface area contributed by atoms with Crippen LogP contribution in [0.5, 0.6) is 0 Å². The van der Waals surface area contributed by atoms with Crippen LogP contribution in [0.25, 0.3) is 11.4 Å². The summed E-state index contributed by atoms with van der Waals surface area (Å²) in [6.07, 6.45) is 0. The second-order valence-electron chi connectivity index (χ2n) is 6.47. The van der Waals surface area contributed by atoms with Gasteiger partial charge in [-0.25, -0.2) is 0 Å². The van der Waals surface area contributed by atoms with E-state index in [4.69, 9.17) is 0 Å². The molecular formula is C21H24N4OS. The van der Waals surface area contributed by atoms with E-state index in [2.05, 4.69) is 41.5 Å². The molecule has 27 heavy (non-hydrogen) atoms. The molecule has 0 bridgehead atoms. The molecule has 0 saturated heterocycles. The first-order chi connectivity index (χ1) is 13.1. The number of hydrogen-bond donors (Lipinski definition) is 1. The van der Waals surface area contributed by atoms with Gasteiger partial charge in [-0.15, -0.1) is 10.2 Å². The molecule has 0 atom stereocenters. The molecule has 3 rings (SSSR count). The van der Waals surface area contributed by atoms with Gasteiger partial charge in [-0.2, -0.15) is 0 Å². The highest BCUT2D eigenvalue weighted by molar-refractivity contribution is 7.99. The van der Waals surface area contributed by atoms with E-state index in [0.29, 0.717) is 12.3 Å². The molecule has 0 spiro atoms. The minimum Gasteiger partial charge on any atom is -0.351 e. The molecule has 1 N–H and O–H groups in total. The van der Waals surface area contributed by atoms with Crippen molar-refractivity contribution in [2.45, 2.75) is 39.0 Å². The Bertz CT molecular complexity index is 918. The lowest BCUT2D eigenvalue weighted by Gasteiger charge is -2.08. The minimum absolute atomic E-state index is 0.0108. The largest absolute Gasteiger partial charge is 0.351 e. The third-order valence-electron chi connectivity index (χ3n) is 4.25. The van der Waals surface area contributed by atoms with Crippen molar-refractivity contribution in [1.29, 1.82) is 0 Å². The van der Waals surface area contributed by atoms with Crippen LogP contribution in [0.4, 0.5) is 0 Å². The zero-order valence-electron chi connectivity index (χ0n) is 15.9. The molecule has 0 fully saturated rings. The number of aryl methyl sites for hydroxylation is 2. The predicted molar refractivity (Wildman–Crippen MR) is 110 cm³/mol. The van der Waals surface area contributed by atoms with Gasteiger partial charge < -0.3 is 9.88 Å². The molecule has 0 aliphatic heterocycles. The van der Waals surface area contributed by atoms with Gasteiger partial charge in [-0.1, -0.05) is 65.4 Å². The number of benzene rings is 2. The molecular weight excluding hydrogens is 356 g/mol. The Morgan fingerprint density at radius 1 is 1.07 bits per heavy atom. The highest BCUT2D eigenvalue weighted by Gasteiger charge is 2.14. The lowest BCUT2D eigenvalue weighted by molar-refractivity contribution is -0.118. The fourth-order valence-corrected chi connectivity index (χ4v) is 3.60. The number of hydrogen-bond acceptors (Lipinski definition) is 4. The summed E-state index contributed by atoms with van der Waals surface area (Å²) in [4.78, 5) is 12.2. The van der Waals surface area contributed by atoms with Gasteiger partial charge in [0.1, 0.15) is 0 Å². The molecule has 0 saturated carbocycles. The summed E-state index contributed by atoms with van der Waals surface area (Å²) in [5.41, 5.74) is 4.53. The van der Waals surface area contributed by atoms with Crippen molar-refractivity contribution in [3.05, 3.63) is 65.2 Å². The number of thioether (sulfide) groups is 1. The van der Waals surface area contributed by atoms with Crippen molar-refractivity contribution >= 4 is 17.7 Å². The molecule has 0 radical (unpaired) electrons. The summed E-state index contributed by atoms with van der Waals surface area (Å²) in [7, 11) is 0. The maximum atomic E-state index is 12.2. The van der Waals surface area contributed by atoms with Crippen LogP contribution in [0.3, 0.4) is 0 Å². The average molecular weight is 381 g/mol. The van der Waals surface area contributed by atoms with E-state index in [9.17, 15) is 4.79 Å². The second kappa shape index (κ2) is 8.86. The fraction of sp³-hybridized carbons (Fsp3) is 0.286. The molecule has 140 valence electrons. The van der Waals surface area contributed by atoms with Gasteiger partial charge in [0, 0.05) is 18.7 Å². The summed E-state index contributed by atoms with van der Waals surface area (Å²) in [5, 5.41) is 12.3. The van der Waals surface area contributed by atoms with Crippen LogP contribution in [0.15, 0.2) is 53.7 Å². The maximum Gasteiger partial charge on any atom is 0.230 e. The lowest BCUT2D eigenvalue weighted by Crippen LogP contribution is -2.24. The monoisotopic (exact) mass is 380 g/mol. The third-order valence-corrected chi connectivity index (χ3v) is 5.22. The van der Waals surface area contributed by atoms with Crippen LogP contribution < -0.4 is 5.32 Å². The molecule has 0 aliphatic rings. The van der Waals surface area contributed by atoms with Crippen LogP contribution in [0.1, 0.15) is 23.6 Å². The van der Waals surface area contributed by atoms with E-state index in [1.54, 1.807) is 0 Å². The van der Waals surface area contributed by atoms with E-state index in [0.717, 1.165) is 28.7 Å². The number of carbonyl (C=O) groups is 1. The van der Waals surface area contributed by atoms with Crippen LogP contribution in [0.2, 0.25) is 0 Å². The van der Waals surface area contributed by atoms with E-state index in [1.807, 2.05) is 47.9 Å². The van der Waals surface area contributed by atoms with E-state index in [-0.39, 0.29) is 5.91 Å². The molecule has 6 heteroatoms. The topological polar surface area (TPSA) is 59.8 Å². The maximum absolute atomic E-state index is 12.2. The molecule has 5 nitrogen and oxygen atoms in total. The number of nitrogens with one attached hydrogen (secondary N) is 1. The zero-order valence-corrected chi connectivity index (χ0v) is 16.7. The number of aromatic nitrogens is 3. The van der Waals surface area contributed by atoms with Gasteiger partial charge in [-0.3, -0.25) is 4.79 Å². The summed E-state index contributed by atoms with van der Waals surface area (Å²) >= 11 is 1.41. The van der Waals surface area contributed by atoms with E-state index >= 15 is 0 Å². The summed E-state index contributed by atoms with van der Waals surface area (Å²) < 4.78 is 2.05. The summed E-state index contributed by atoms with van der Waals surface area (Å²) in [6, 6.07) is 16.4. The van der Waals surface area contributed by atoms with Crippen LogP contribution in [-0.4, -0.2) is 26.4 Å². The van der Waals surface area contributed by atoms with Crippen molar-refractivity contribution < 1.29 is 4.79 Å². The van der Waals surface area contributed by atoms with Crippen molar-refractivity contribution in [3.63, 3.8) is 0 Å². The predicted octanol–water partition coefficient (Wildman–Crippen LogP) is 3.99. The molecule has 3 aromatic rings. The summed E-state index contributed by atoms with van der Waals surface area (Å²) in [5.74, 6) is 1.14. The first-order valence-electron chi connectivity index (χ1n) is 9.02. The van der Waals surface area contributed by atoms with Gasteiger partial charge in [0.05, 0.1) is 5.75 Å². The van der Waals surface area contributed by atoms with E-state index in [1.165, 1.54) is 22.9 Å². The van der Waals surface area contributed by atoms with Gasteiger partial charge in [0.15, 0.2) is 11.0 Å². The van der Waals surface area contributed by atoms with E-state index < -0.39 is 0 Å². The molecule has 0 unspecified atom stereocenters. The van der Waals surface area contributed by atoms with Gasteiger partial charge in [-0.05, 0) is 32.4 Å². The quantitative estimate of drug-likeness (QED) is 0.630. The van der Waals surface area contributed by atoms with Gasteiger partial charge >= 0.3 is 0 Å². The SMILES string of the molecule is CCn1c(SCC(=O)NCc2ccc(C)cc2)nnc1-c1cccc(C)c1. The first-order valence-corrected chi connectivity index (χ1v) is 10.0. The Kier molecular flexibility index (Phi) is 6.29. The van der Waals surface area contributed by atoms with Crippen molar-refractivity contribution in [3.8, 4) is 11.4 Å². The molecule has 2 aromatic carbocycles. The van der Waals surface area contributed by atoms with Gasteiger partial charge in [0.2, 0.25) is 5.91 Å². The second-order valence-corrected chi connectivity index (χ2v) is 7.41. The lowest BCUT2D eigenvalue weighted by atomic mass is 10.1. The molecule has 0 aliphatic carbocycles. The molecule has 1 aromatic heterocycles. The van der Waals surface area contributed by atoms with Crippen LogP contribution in [-0.2, 0) is 17.9 Å². The number of carbonyl (C=O) groups excluding carboxylic acids is 1. The Labute approximate surface area is 164 Å². The standard InChI is InChI=1S/C21H24N4OS/c1-4-25-20(18-7-5-6-16(3)12-18)23-24-21(25)27-14-19(26)22-13-17-10-8-15(2)9-11-17/h5-12H,4,13-14H2,1-3H3,(H,22,26). The highest BCUT2D eigenvalue weighted by atomic mass is 32.2. The number of rotatable bonds is 7. The van der Waals surface area contributed by atoms with Crippen molar-refractivity contribution in [1.82, 2.24) is 20.1 Å². The smallest absolute Gasteiger partial charge is 0.230 e. The number of nitrogens with zero attached hydrogens (tertiary/aromatic N) is 3.